The number of ether oxygens (including phenoxy) is 1. The summed E-state index contributed by atoms with van der Waals surface area (Å²) < 4.78 is 5.49. The van der Waals surface area contributed by atoms with Crippen molar-refractivity contribution in [3.05, 3.63) is 16.8 Å². The lowest BCUT2D eigenvalue weighted by Gasteiger charge is -2.39. The van der Waals surface area contributed by atoms with Crippen LogP contribution >= 0.6 is 11.3 Å². The van der Waals surface area contributed by atoms with Crippen LogP contribution in [0.2, 0.25) is 0 Å². The molecule has 2 aromatic heterocycles. The standard InChI is InChI=1S/C20H28N4O2S/c25-11-13-1-6-16-17(13)18-19(21-12-22-20(18)27-16)23-14-2-4-15(5-3-14)24-7-9-26-10-8-24/h12-15,25H,1-11H2,(H,21,22,23). The predicted molar refractivity (Wildman–Crippen MR) is 108 cm³/mol. The SMILES string of the molecule is OCC1CCc2sc3ncnc(NC4CCC(N5CCOCC5)CC4)c3c21. The Labute approximate surface area is 164 Å². The number of aromatic nitrogens is 2. The van der Waals surface area contributed by atoms with Gasteiger partial charge in [-0.05, 0) is 44.1 Å². The van der Waals surface area contributed by atoms with E-state index >= 15 is 0 Å². The molecule has 0 amide bonds. The minimum Gasteiger partial charge on any atom is -0.396 e. The van der Waals surface area contributed by atoms with E-state index in [9.17, 15) is 5.11 Å². The van der Waals surface area contributed by atoms with Crippen molar-refractivity contribution in [3.8, 4) is 0 Å². The lowest BCUT2D eigenvalue weighted by molar-refractivity contribution is 0.00791. The number of anilines is 1. The number of fused-ring (bicyclic) bond motifs is 3. The number of aliphatic hydroxyl groups excluding tert-OH is 1. The van der Waals surface area contributed by atoms with Crippen LogP contribution in [0, 0.1) is 0 Å². The second kappa shape index (κ2) is 7.62. The Kier molecular flexibility index (Phi) is 5.02. The van der Waals surface area contributed by atoms with Gasteiger partial charge in [-0.2, -0.15) is 0 Å². The third kappa shape index (κ3) is 3.35. The molecule has 2 N–H and O–H groups in total. The fraction of sp³-hybridized carbons (Fsp3) is 0.700. The van der Waals surface area contributed by atoms with Crippen LogP contribution < -0.4 is 5.32 Å². The summed E-state index contributed by atoms with van der Waals surface area (Å²) in [7, 11) is 0. The molecule has 7 heteroatoms. The number of thiophene rings is 1. The minimum absolute atomic E-state index is 0.220. The van der Waals surface area contributed by atoms with Crippen LogP contribution in [0.5, 0.6) is 0 Å². The number of morpholine rings is 1. The monoisotopic (exact) mass is 388 g/mol. The van der Waals surface area contributed by atoms with E-state index in [-0.39, 0.29) is 12.5 Å². The van der Waals surface area contributed by atoms with Gasteiger partial charge in [0.15, 0.2) is 0 Å². The molecule has 27 heavy (non-hydrogen) atoms. The summed E-state index contributed by atoms with van der Waals surface area (Å²) in [6.07, 6.45) is 8.65. The van der Waals surface area contributed by atoms with Gasteiger partial charge in [0.25, 0.3) is 0 Å². The van der Waals surface area contributed by atoms with Gasteiger partial charge in [-0.15, -0.1) is 11.3 Å². The summed E-state index contributed by atoms with van der Waals surface area (Å²) in [5.74, 6) is 1.23. The van der Waals surface area contributed by atoms with Crippen LogP contribution in [0.3, 0.4) is 0 Å². The average molecular weight is 389 g/mol. The predicted octanol–water partition coefficient (Wildman–Crippen LogP) is 2.77. The van der Waals surface area contributed by atoms with Gasteiger partial charge >= 0.3 is 0 Å². The smallest absolute Gasteiger partial charge is 0.138 e. The highest BCUT2D eigenvalue weighted by atomic mass is 32.1. The fourth-order valence-corrected chi connectivity index (χ4v) is 6.32. The van der Waals surface area contributed by atoms with E-state index in [1.807, 2.05) is 0 Å². The molecule has 1 saturated carbocycles. The van der Waals surface area contributed by atoms with Crippen LogP contribution in [-0.2, 0) is 11.2 Å². The van der Waals surface area contributed by atoms with Crippen LogP contribution in [0.15, 0.2) is 6.33 Å². The van der Waals surface area contributed by atoms with Gasteiger partial charge in [0, 0.05) is 36.0 Å². The first-order valence-electron chi connectivity index (χ1n) is 10.3. The highest BCUT2D eigenvalue weighted by molar-refractivity contribution is 7.19. The summed E-state index contributed by atoms with van der Waals surface area (Å²) >= 11 is 1.78. The maximum absolute atomic E-state index is 9.79. The maximum Gasteiger partial charge on any atom is 0.138 e. The van der Waals surface area contributed by atoms with E-state index < -0.39 is 0 Å². The van der Waals surface area contributed by atoms with Gasteiger partial charge in [-0.25, -0.2) is 9.97 Å². The van der Waals surface area contributed by atoms with Gasteiger partial charge in [0.1, 0.15) is 17.0 Å². The zero-order chi connectivity index (χ0) is 18.2. The number of aryl methyl sites for hydroxylation is 1. The molecule has 3 heterocycles. The lowest BCUT2D eigenvalue weighted by Crippen LogP contribution is -2.46. The molecular weight excluding hydrogens is 360 g/mol. The van der Waals surface area contributed by atoms with Crippen molar-refractivity contribution in [1.29, 1.82) is 0 Å². The molecule has 146 valence electrons. The van der Waals surface area contributed by atoms with Crippen LogP contribution in [0.25, 0.3) is 10.2 Å². The lowest BCUT2D eigenvalue weighted by atomic mass is 9.90. The Hall–Kier alpha value is -1.28. The quantitative estimate of drug-likeness (QED) is 0.839. The van der Waals surface area contributed by atoms with Gasteiger partial charge in [-0.1, -0.05) is 0 Å². The van der Waals surface area contributed by atoms with Crippen LogP contribution in [0.1, 0.15) is 48.5 Å². The van der Waals surface area contributed by atoms with E-state index in [1.54, 1.807) is 17.7 Å². The molecule has 5 rings (SSSR count). The number of hydrogen-bond acceptors (Lipinski definition) is 7. The third-order valence-electron chi connectivity index (χ3n) is 6.55. The topological polar surface area (TPSA) is 70.5 Å². The number of nitrogens with zero attached hydrogens (tertiary/aromatic N) is 3. The van der Waals surface area contributed by atoms with E-state index in [4.69, 9.17) is 4.74 Å². The van der Waals surface area contributed by atoms with E-state index in [2.05, 4.69) is 20.2 Å². The molecule has 0 bridgehead atoms. The first kappa shape index (κ1) is 17.8. The molecule has 1 unspecified atom stereocenters. The highest BCUT2D eigenvalue weighted by Crippen LogP contribution is 2.45. The normalized spacial score (nSPS) is 29.1. The van der Waals surface area contributed by atoms with Crippen molar-refractivity contribution < 1.29 is 9.84 Å². The molecule has 1 atom stereocenters. The molecular formula is C20H28N4O2S. The average Bonchev–Trinajstić information content (AvgIpc) is 3.28. The first-order valence-corrected chi connectivity index (χ1v) is 11.1. The summed E-state index contributed by atoms with van der Waals surface area (Å²) in [6, 6.07) is 1.19. The molecule has 0 aromatic carbocycles. The van der Waals surface area contributed by atoms with E-state index in [0.29, 0.717) is 12.1 Å². The van der Waals surface area contributed by atoms with Crippen molar-refractivity contribution in [1.82, 2.24) is 14.9 Å². The van der Waals surface area contributed by atoms with Crippen molar-refractivity contribution in [3.63, 3.8) is 0 Å². The molecule has 3 aliphatic rings. The van der Waals surface area contributed by atoms with Crippen molar-refractivity contribution in [2.45, 2.75) is 56.5 Å². The van der Waals surface area contributed by atoms with Gasteiger partial charge in [-0.3, -0.25) is 4.90 Å². The van der Waals surface area contributed by atoms with E-state index in [0.717, 1.165) is 49.8 Å². The summed E-state index contributed by atoms with van der Waals surface area (Å²) in [5, 5.41) is 14.7. The molecule has 2 aromatic rings. The largest absolute Gasteiger partial charge is 0.396 e. The summed E-state index contributed by atoms with van der Waals surface area (Å²) in [4.78, 5) is 14.2. The fourth-order valence-electron chi connectivity index (χ4n) is 5.08. The maximum atomic E-state index is 9.79. The van der Waals surface area contributed by atoms with Crippen LogP contribution in [0.4, 0.5) is 5.82 Å². The zero-order valence-electron chi connectivity index (χ0n) is 15.7. The van der Waals surface area contributed by atoms with Gasteiger partial charge < -0.3 is 15.2 Å². The second-order valence-electron chi connectivity index (χ2n) is 8.06. The minimum atomic E-state index is 0.220. The van der Waals surface area contributed by atoms with Crippen molar-refractivity contribution >= 4 is 27.4 Å². The molecule has 0 radical (unpaired) electrons. The number of aliphatic hydroxyl groups is 1. The van der Waals surface area contributed by atoms with Crippen LogP contribution in [-0.4, -0.2) is 65.0 Å². The number of hydrogen-bond donors (Lipinski definition) is 2. The molecule has 6 nitrogen and oxygen atoms in total. The van der Waals surface area contributed by atoms with Gasteiger partial charge in [0.2, 0.25) is 0 Å². The Morgan fingerprint density at radius 2 is 1.96 bits per heavy atom. The zero-order valence-corrected chi connectivity index (χ0v) is 16.5. The Bertz CT molecular complexity index is 797. The van der Waals surface area contributed by atoms with Gasteiger partial charge in [0.05, 0.1) is 25.2 Å². The van der Waals surface area contributed by atoms with Crippen molar-refractivity contribution in [2.24, 2.45) is 0 Å². The molecule has 1 saturated heterocycles. The third-order valence-corrected chi connectivity index (χ3v) is 7.72. The second-order valence-corrected chi connectivity index (χ2v) is 9.14. The Morgan fingerprint density at radius 3 is 2.74 bits per heavy atom. The Balaban J connectivity index is 1.31. The molecule has 0 spiro atoms. The summed E-state index contributed by atoms with van der Waals surface area (Å²) in [6.45, 7) is 4.15. The number of rotatable bonds is 4. The summed E-state index contributed by atoms with van der Waals surface area (Å²) in [5.41, 5.74) is 1.31. The van der Waals surface area contributed by atoms with E-state index in [1.165, 1.54) is 41.5 Å². The first-order chi connectivity index (χ1) is 13.3. The molecule has 2 aliphatic carbocycles. The molecule has 1 aliphatic heterocycles. The highest BCUT2D eigenvalue weighted by Gasteiger charge is 2.31. The number of nitrogens with one attached hydrogen (secondary N) is 1. The Morgan fingerprint density at radius 1 is 1.15 bits per heavy atom. The molecule has 2 fully saturated rings. The van der Waals surface area contributed by atoms with Crippen molar-refractivity contribution in [2.75, 3.05) is 38.2 Å².